The Kier molecular flexibility index (Phi) is 4.79. The smallest absolute Gasteiger partial charge is 0.00539 e. The van der Waals surface area contributed by atoms with Crippen molar-refractivity contribution >= 4 is 10.8 Å². The summed E-state index contributed by atoms with van der Waals surface area (Å²) in [6, 6.07) is 15.2. The summed E-state index contributed by atoms with van der Waals surface area (Å²) in [7, 11) is 4.25. The molecule has 2 aromatic carbocycles. The van der Waals surface area contributed by atoms with Gasteiger partial charge in [0.1, 0.15) is 0 Å². The summed E-state index contributed by atoms with van der Waals surface area (Å²) in [5.41, 5.74) is 7.57. The molecule has 0 amide bonds. The molecular weight excluding hydrogens is 244 g/mol. The number of hydrogen-bond donors (Lipinski definition) is 1. The maximum atomic E-state index is 6.13. The van der Waals surface area contributed by atoms with Gasteiger partial charge in [0.2, 0.25) is 0 Å². The highest BCUT2D eigenvalue weighted by molar-refractivity contribution is 5.86. The molecule has 0 heterocycles. The van der Waals surface area contributed by atoms with Gasteiger partial charge in [0.15, 0.2) is 0 Å². The minimum Gasteiger partial charge on any atom is -0.330 e. The molecule has 2 rings (SSSR count). The zero-order valence-corrected chi connectivity index (χ0v) is 12.9. The van der Waals surface area contributed by atoms with Gasteiger partial charge in [-0.25, -0.2) is 0 Å². The number of nitrogens with two attached hydrogens (primary N) is 1. The Bertz CT molecular complexity index is 557. The monoisotopic (exact) mass is 270 g/mol. The van der Waals surface area contributed by atoms with Crippen molar-refractivity contribution in [2.24, 2.45) is 5.73 Å². The van der Waals surface area contributed by atoms with Crippen LogP contribution in [0.5, 0.6) is 0 Å². The maximum absolute atomic E-state index is 6.13. The molecule has 0 radical (unpaired) electrons. The van der Waals surface area contributed by atoms with Crippen molar-refractivity contribution in [2.45, 2.75) is 25.2 Å². The predicted molar refractivity (Wildman–Crippen MR) is 88.1 cm³/mol. The van der Waals surface area contributed by atoms with Gasteiger partial charge in [0, 0.05) is 12.0 Å². The fourth-order valence-corrected chi connectivity index (χ4v) is 2.88. The SMILES string of the molecule is CN(C)CCCC(C)(CN)c1cccc2ccccc12. The van der Waals surface area contributed by atoms with E-state index in [4.69, 9.17) is 5.73 Å². The van der Waals surface area contributed by atoms with Crippen LogP contribution >= 0.6 is 0 Å². The van der Waals surface area contributed by atoms with E-state index in [-0.39, 0.29) is 5.41 Å². The van der Waals surface area contributed by atoms with Crippen LogP contribution in [0, 0.1) is 0 Å². The molecule has 0 bridgehead atoms. The van der Waals surface area contributed by atoms with Crippen molar-refractivity contribution in [3.63, 3.8) is 0 Å². The Morgan fingerprint density at radius 1 is 1.05 bits per heavy atom. The third kappa shape index (κ3) is 3.20. The van der Waals surface area contributed by atoms with Crippen molar-refractivity contribution in [1.29, 1.82) is 0 Å². The zero-order valence-electron chi connectivity index (χ0n) is 12.9. The van der Waals surface area contributed by atoms with Gasteiger partial charge in [-0.15, -0.1) is 0 Å². The number of rotatable bonds is 6. The molecule has 0 aliphatic carbocycles. The molecule has 2 nitrogen and oxygen atoms in total. The quantitative estimate of drug-likeness (QED) is 0.871. The summed E-state index contributed by atoms with van der Waals surface area (Å²) in [5, 5.41) is 2.64. The van der Waals surface area contributed by atoms with Gasteiger partial charge in [-0.1, -0.05) is 49.4 Å². The lowest BCUT2D eigenvalue weighted by Gasteiger charge is -2.30. The van der Waals surface area contributed by atoms with Crippen LogP contribution < -0.4 is 5.73 Å². The number of benzene rings is 2. The van der Waals surface area contributed by atoms with Crippen LogP contribution in [0.1, 0.15) is 25.3 Å². The summed E-state index contributed by atoms with van der Waals surface area (Å²) in [6.07, 6.45) is 2.29. The first-order valence-corrected chi connectivity index (χ1v) is 7.40. The van der Waals surface area contributed by atoms with Crippen molar-refractivity contribution < 1.29 is 0 Å². The van der Waals surface area contributed by atoms with Crippen molar-refractivity contribution in [2.75, 3.05) is 27.2 Å². The topological polar surface area (TPSA) is 29.3 Å². The van der Waals surface area contributed by atoms with Crippen molar-refractivity contribution in [3.8, 4) is 0 Å². The molecule has 20 heavy (non-hydrogen) atoms. The molecule has 0 aromatic heterocycles. The van der Waals surface area contributed by atoms with Gasteiger partial charge in [-0.3, -0.25) is 0 Å². The number of nitrogens with zero attached hydrogens (tertiary/aromatic N) is 1. The van der Waals surface area contributed by atoms with Crippen LogP contribution in [0.3, 0.4) is 0 Å². The van der Waals surface area contributed by atoms with Crippen LogP contribution in [0.2, 0.25) is 0 Å². The molecule has 2 aromatic rings. The molecule has 0 saturated carbocycles. The lowest BCUT2D eigenvalue weighted by molar-refractivity contribution is 0.352. The highest BCUT2D eigenvalue weighted by Gasteiger charge is 2.26. The van der Waals surface area contributed by atoms with Gasteiger partial charge in [0.05, 0.1) is 0 Å². The first-order valence-electron chi connectivity index (χ1n) is 7.40. The fourth-order valence-electron chi connectivity index (χ4n) is 2.88. The standard InChI is InChI=1S/C18H26N2/c1-18(14-19,12-7-13-20(2)3)17-11-6-9-15-8-4-5-10-16(15)17/h4-6,8-11H,7,12-14,19H2,1-3H3. The lowest BCUT2D eigenvalue weighted by Crippen LogP contribution is -2.33. The highest BCUT2D eigenvalue weighted by Crippen LogP contribution is 2.33. The Morgan fingerprint density at radius 2 is 1.75 bits per heavy atom. The zero-order chi connectivity index (χ0) is 14.6. The molecule has 0 aliphatic rings. The van der Waals surface area contributed by atoms with E-state index in [0.717, 1.165) is 13.0 Å². The third-order valence-electron chi connectivity index (χ3n) is 4.22. The van der Waals surface area contributed by atoms with E-state index in [2.05, 4.69) is 68.4 Å². The van der Waals surface area contributed by atoms with Crippen LogP contribution in [0.25, 0.3) is 10.8 Å². The Balaban J connectivity index is 2.33. The molecule has 0 spiro atoms. The van der Waals surface area contributed by atoms with E-state index < -0.39 is 0 Å². The molecule has 1 atom stereocenters. The van der Waals surface area contributed by atoms with E-state index >= 15 is 0 Å². The molecule has 2 N–H and O–H groups in total. The molecule has 1 unspecified atom stereocenters. The highest BCUT2D eigenvalue weighted by atomic mass is 15.0. The maximum Gasteiger partial charge on any atom is 0.00539 e. The Labute approximate surface area is 122 Å². The summed E-state index contributed by atoms with van der Waals surface area (Å²) < 4.78 is 0. The van der Waals surface area contributed by atoms with Gasteiger partial charge in [-0.2, -0.15) is 0 Å². The molecule has 0 fully saturated rings. The Morgan fingerprint density at radius 3 is 2.45 bits per heavy atom. The van der Waals surface area contributed by atoms with Crippen LogP contribution in [0.15, 0.2) is 42.5 Å². The molecule has 2 heteroatoms. The van der Waals surface area contributed by atoms with Gasteiger partial charge in [-0.05, 0) is 49.8 Å². The van der Waals surface area contributed by atoms with E-state index in [9.17, 15) is 0 Å². The van der Waals surface area contributed by atoms with Gasteiger partial charge in [0.25, 0.3) is 0 Å². The summed E-state index contributed by atoms with van der Waals surface area (Å²) in [5.74, 6) is 0. The van der Waals surface area contributed by atoms with Gasteiger partial charge < -0.3 is 10.6 Å². The van der Waals surface area contributed by atoms with Gasteiger partial charge >= 0.3 is 0 Å². The van der Waals surface area contributed by atoms with Crippen LogP contribution in [0.4, 0.5) is 0 Å². The molecule has 108 valence electrons. The summed E-state index contributed by atoms with van der Waals surface area (Å²) in [6.45, 7) is 4.10. The van der Waals surface area contributed by atoms with Crippen LogP contribution in [-0.2, 0) is 5.41 Å². The number of fused-ring (bicyclic) bond motifs is 1. The molecule has 0 saturated heterocycles. The number of hydrogen-bond acceptors (Lipinski definition) is 2. The first kappa shape index (κ1) is 15.0. The lowest BCUT2D eigenvalue weighted by atomic mass is 9.76. The van der Waals surface area contributed by atoms with E-state index in [1.54, 1.807) is 0 Å². The predicted octanol–water partition coefficient (Wildman–Crippen LogP) is 3.40. The third-order valence-corrected chi connectivity index (χ3v) is 4.22. The largest absolute Gasteiger partial charge is 0.330 e. The van der Waals surface area contributed by atoms with E-state index in [0.29, 0.717) is 6.54 Å². The molecular formula is C18H26N2. The minimum atomic E-state index is 0.0525. The second kappa shape index (κ2) is 6.38. The second-order valence-electron chi connectivity index (χ2n) is 6.20. The molecule has 0 aliphatic heterocycles. The summed E-state index contributed by atoms with van der Waals surface area (Å²) >= 11 is 0. The normalized spacial score (nSPS) is 14.7. The van der Waals surface area contributed by atoms with Crippen LogP contribution in [-0.4, -0.2) is 32.1 Å². The van der Waals surface area contributed by atoms with Crippen molar-refractivity contribution in [3.05, 3.63) is 48.0 Å². The average molecular weight is 270 g/mol. The van der Waals surface area contributed by atoms with E-state index in [1.165, 1.54) is 22.8 Å². The first-order chi connectivity index (χ1) is 9.57. The fraction of sp³-hybridized carbons (Fsp3) is 0.444. The summed E-state index contributed by atoms with van der Waals surface area (Å²) in [4.78, 5) is 2.24. The minimum absolute atomic E-state index is 0.0525. The average Bonchev–Trinajstić information content (AvgIpc) is 2.46. The van der Waals surface area contributed by atoms with Crippen molar-refractivity contribution in [1.82, 2.24) is 4.90 Å². The van der Waals surface area contributed by atoms with E-state index in [1.807, 2.05) is 0 Å². The second-order valence-corrected chi connectivity index (χ2v) is 6.20. The Hall–Kier alpha value is -1.38.